The molecule has 0 aliphatic heterocycles. The van der Waals surface area contributed by atoms with E-state index in [1.54, 1.807) is 39.0 Å². The number of carboxylic acid groups (broad SMARTS) is 1. The van der Waals surface area contributed by atoms with E-state index in [-0.39, 0.29) is 11.6 Å². The Morgan fingerprint density at radius 1 is 1.42 bits per heavy atom. The molecule has 8 nitrogen and oxygen atoms in total. The summed E-state index contributed by atoms with van der Waals surface area (Å²) in [6.07, 6.45) is 2.92. The lowest BCUT2D eigenvalue weighted by molar-refractivity contribution is -0.530. The second-order valence-electron chi connectivity index (χ2n) is 6.68. The highest BCUT2D eigenvalue weighted by molar-refractivity contribution is 7.80. The molecule has 9 heteroatoms. The fourth-order valence-electron chi connectivity index (χ4n) is 1.97. The topological polar surface area (TPSA) is 118 Å². The highest BCUT2D eigenvalue weighted by atomic mass is 32.1. The maximum atomic E-state index is 12.2. The summed E-state index contributed by atoms with van der Waals surface area (Å²) in [7, 11) is 0. The van der Waals surface area contributed by atoms with Crippen LogP contribution >= 0.6 is 12.6 Å². The van der Waals surface area contributed by atoms with E-state index in [1.165, 1.54) is 12.4 Å². The molecule has 0 saturated carbocycles. The summed E-state index contributed by atoms with van der Waals surface area (Å²) in [5.41, 5.74) is 0.523. The fourth-order valence-corrected chi connectivity index (χ4v) is 2.21. The van der Waals surface area contributed by atoms with Gasteiger partial charge in [-0.3, -0.25) is 4.79 Å². The Bertz CT molecular complexity index is 877. The SMILES string of the molecule is CC(C)(C)/[N+]([O-])=C/c1ccc2cnc(C(=O)NC(CS)C(=O)O)nc2c1. The number of nitrogens with one attached hydrogen (secondary N) is 1. The third kappa shape index (κ3) is 4.69. The molecule has 138 valence electrons. The molecular weight excluding hydrogens is 356 g/mol. The molecular formula is C17H20N4O4S. The number of hydrogen-bond donors (Lipinski definition) is 3. The molecule has 1 atom stereocenters. The van der Waals surface area contributed by atoms with Crippen molar-refractivity contribution in [3.8, 4) is 0 Å². The summed E-state index contributed by atoms with van der Waals surface area (Å²) in [4.78, 5) is 31.3. The van der Waals surface area contributed by atoms with Gasteiger partial charge in [-0.25, -0.2) is 19.5 Å². The molecule has 0 radical (unpaired) electrons. The smallest absolute Gasteiger partial charge is 0.327 e. The van der Waals surface area contributed by atoms with Crippen LogP contribution in [0.5, 0.6) is 0 Å². The molecule has 0 saturated heterocycles. The molecule has 1 amide bonds. The van der Waals surface area contributed by atoms with E-state index in [1.807, 2.05) is 0 Å². The average Bonchev–Trinajstić information content (AvgIpc) is 2.57. The number of carbonyl (C=O) groups is 2. The van der Waals surface area contributed by atoms with Crippen LogP contribution in [0.1, 0.15) is 37.0 Å². The van der Waals surface area contributed by atoms with Crippen molar-refractivity contribution in [2.45, 2.75) is 32.4 Å². The van der Waals surface area contributed by atoms with Crippen LogP contribution in [-0.4, -0.2) is 55.2 Å². The van der Waals surface area contributed by atoms with Gasteiger partial charge in [-0.05, 0) is 12.1 Å². The molecule has 2 aromatic rings. The molecule has 26 heavy (non-hydrogen) atoms. The first-order valence-electron chi connectivity index (χ1n) is 7.84. The predicted molar refractivity (Wildman–Crippen MR) is 101 cm³/mol. The van der Waals surface area contributed by atoms with Crippen molar-refractivity contribution < 1.29 is 19.4 Å². The fraction of sp³-hybridized carbons (Fsp3) is 0.353. The highest BCUT2D eigenvalue weighted by Crippen LogP contribution is 2.14. The van der Waals surface area contributed by atoms with Crippen molar-refractivity contribution in [1.29, 1.82) is 0 Å². The largest absolute Gasteiger partial charge is 0.623 e. The van der Waals surface area contributed by atoms with Gasteiger partial charge in [0.05, 0.1) is 5.52 Å². The van der Waals surface area contributed by atoms with E-state index in [9.17, 15) is 14.8 Å². The van der Waals surface area contributed by atoms with Gasteiger partial charge < -0.3 is 15.6 Å². The second-order valence-corrected chi connectivity index (χ2v) is 7.05. The Kier molecular flexibility index (Phi) is 5.81. The minimum absolute atomic E-state index is 0.0557. The number of benzene rings is 1. The van der Waals surface area contributed by atoms with Crippen LogP contribution in [0.4, 0.5) is 0 Å². The summed E-state index contributed by atoms with van der Waals surface area (Å²) in [6.45, 7) is 5.38. The number of fused-ring (bicyclic) bond motifs is 1. The monoisotopic (exact) mass is 376 g/mol. The maximum Gasteiger partial charge on any atom is 0.327 e. The van der Waals surface area contributed by atoms with Crippen molar-refractivity contribution in [3.05, 3.63) is 41.0 Å². The first-order valence-corrected chi connectivity index (χ1v) is 8.47. The van der Waals surface area contributed by atoms with Crippen molar-refractivity contribution >= 4 is 41.6 Å². The molecule has 0 aliphatic rings. The Hall–Kier alpha value is -2.68. The molecule has 1 heterocycles. The zero-order valence-corrected chi connectivity index (χ0v) is 15.5. The van der Waals surface area contributed by atoms with Crippen molar-refractivity contribution in [3.63, 3.8) is 0 Å². The number of aromatic nitrogens is 2. The van der Waals surface area contributed by atoms with Gasteiger partial charge in [-0.15, -0.1) is 0 Å². The summed E-state index contributed by atoms with van der Waals surface area (Å²) >= 11 is 3.89. The van der Waals surface area contributed by atoms with E-state index in [4.69, 9.17) is 5.11 Å². The van der Waals surface area contributed by atoms with Crippen LogP contribution in [0.3, 0.4) is 0 Å². The molecule has 2 N–H and O–H groups in total. The van der Waals surface area contributed by atoms with E-state index < -0.39 is 23.5 Å². The van der Waals surface area contributed by atoms with Crippen LogP contribution < -0.4 is 5.32 Å². The van der Waals surface area contributed by atoms with E-state index >= 15 is 0 Å². The van der Waals surface area contributed by atoms with Gasteiger partial charge in [0.25, 0.3) is 5.91 Å². The van der Waals surface area contributed by atoms with Crippen LogP contribution in [0.2, 0.25) is 0 Å². The van der Waals surface area contributed by atoms with Gasteiger partial charge >= 0.3 is 5.97 Å². The van der Waals surface area contributed by atoms with Crippen LogP contribution in [0.25, 0.3) is 10.9 Å². The van der Waals surface area contributed by atoms with Crippen LogP contribution in [0, 0.1) is 5.21 Å². The van der Waals surface area contributed by atoms with E-state index in [0.29, 0.717) is 16.5 Å². The molecule has 0 fully saturated rings. The van der Waals surface area contributed by atoms with Gasteiger partial charge in [0.15, 0.2) is 11.8 Å². The lowest BCUT2D eigenvalue weighted by Crippen LogP contribution is -2.42. The normalized spacial score (nSPS) is 13.5. The number of thiol groups is 1. The van der Waals surface area contributed by atoms with E-state index in [2.05, 4.69) is 27.9 Å². The summed E-state index contributed by atoms with van der Waals surface area (Å²) in [5.74, 6) is -2.11. The van der Waals surface area contributed by atoms with Crippen molar-refractivity contribution in [2.75, 3.05) is 5.75 Å². The predicted octanol–water partition coefficient (Wildman–Crippen LogP) is 1.47. The lowest BCUT2D eigenvalue weighted by Gasteiger charge is -2.18. The molecule has 0 aliphatic carbocycles. The van der Waals surface area contributed by atoms with Crippen LogP contribution in [-0.2, 0) is 4.79 Å². The van der Waals surface area contributed by atoms with Crippen LogP contribution in [0.15, 0.2) is 24.4 Å². The van der Waals surface area contributed by atoms with Gasteiger partial charge in [-0.1, -0.05) is 6.07 Å². The Labute approximate surface area is 156 Å². The molecule has 0 spiro atoms. The summed E-state index contributed by atoms with van der Waals surface area (Å²) in [5, 5.41) is 24.0. The van der Waals surface area contributed by atoms with Crippen molar-refractivity contribution in [1.82, 2.24) is 15.3 Å². The van der Waals surface area contributed by atoms with Gasteiger partial charge in [0.2, 0.25) is 5.82 Å². The second kappa shape index (κ2) is 7.69. The standard InChI is InChI=1S/C17H20N4O4S/c1-17(2,3)21(25)8-10-4-5-11-7-18-14(19-12(11)6-10)15(22)20-13(9-26)16(23)24/h4-8,13,26H,9H2,1-3H3,(H,20,22)(H,23,24)/b21-8-. The molecule has 0 bridgehead atoms. The van der Waals surface area contributed by atoms with Gasteiger partial charge in [0, 0.05) is 43.7 Å². The zero-order chi connectivity index (χ0) is 19.5. The minimum atomic E-state index is -1.19. The first kappa shape index (κ1) is 19.6. The maximum absolute atomic E-state index is 12.2. The Morgan fingerprint density at radius 3 is 2.69 bits per heavy atom. The average molecular weight is 376 g/mol. The molecule has 1 aromatic carbocycles. The minimum Gasteiger partial charge on any atom is -0.623 e. The number of aliphatic carboxylic acids is 1. The number of rotatable bonds is 5. The third-order valence-corrected chi connectivity index (χ3v) is 3.89. The number of carbonyl (C=O) groups excluding carboxylic acids is 1. The number of nitrogens with zero attached hydrogens (tertiary/aromatic N) is 3. The Balaban J connectivity index is 2.34. The van der Waals surface area contributed by atoms with E-state index in [0.717, 1.165) is 4.74 Å². The summed E-state index contributed by atoms with van der Waals surface area (Å²) in [6, 6.07) is 4.03. The molecule has 1 aromatic heterocycles. The zero-order valence-electron chi connectivity index (χ0n) is 14.6. The Morgan fingerprint density at radius 2 is 2.12 bits per heavy atom. The quantitative estimate of drug-likeness (QED) is 0.239. The number of amides is 1. The molecule has 1 unspecified atom stereocenters. The van der Waals surface area contributed by atoms with Gasteiger partial charge in [0.1, 0.15) is 6.04 Å². The first-order chi connectivity index (χ1) is 12.1. The third-order valence-electron chi connectivity index (χ3n) is 3.52. The van der Waals surface area contributed by atoms with Crippen molar-refractivity contribution in [2.24, 2.45) is 0 Å². The van der Waals surface area contributed by atoms with Gasteiger partial charge in [-0.2, -0.15) is 12.6 Å². The number of carboxylic acids is 1. The molecule has 2 rings (SSSR count). The summed E-state index contributed by atoms with van der Waals surface area (Å²) < 4.78 is 0.840. The number of hydrogen-bond acceptors (Lipinski definition) is 6. The number of hydroxylamine groups is 1. The highest BCUT2D eigenvalue weighted by Gasteiger charge is 2.21. The lowest BCUT2D eigenvalue weighted by atomic mass is 10.1.